The molecule has 20 heavy (non-hydrogen) atoms. The Morgan fingerprint density at radius 1 is 1.25 bits per heavy atom. The third-order valence-electron chi connectivity index (χ3n) is 4.62. The van der Waals surface area contributed by atoms with Gasteiger partial charge in [-0.15, -0.1) is 0 Å². The lowest BCUT2D eigenvalue weighted by molar-refractivity contribution is -0.152. The zero-order valence-electron chi connectivity index (χ0n) is 13.5. The van der Waals surface area contributed by atoms with Gasteiger partial charge in [-0.3, -0.25) is 9.59 Å². The number of carbonyl (C=O) groups excluding carboxylic acids is 2. The van der Waals surface area contributed by atoms with Crippen LogP contribution in [-0.4, -0.2) is 18.4 Å². The summed E-state index contributed by atoms with van der Waals surface area (Å²) in [5.74, 6) is 0.352. The van der Waals surface area contributed by atoms with Crippen molar-refractivity contribution >= 4 is 11.8 Å². The molecule has 0 bridgehead atoms. The highest BCUT2D eigenvalue weighted by Gasteiger charge is 2.47. The van der Waals surface area contributed by atoms with Gasteiger partial charge in [0.1, 0.15) is 0 Å². The van der Waals surface area contributed by atoms with Crippen LogP contribution >= 0.6 is 0 Å². The Morgan fingerprint density at radius 3 is 2.40 bits per heavy atom. The molecule has 1 aliphatic rings. The van der Waals surface area contributed by atoms with Crippen molar-refractivity contribution < 1.29 is 14.3 Å². The van der Waals surface area contributed by atoms with E-state index in [-0.39, 0.29) is 23.8 Å². The Balaban J connectivity index is 2.39. The number of hydrogen-bond acceptors (Lipinski definition) is 3. The predicted octanol–water partition coefficient (Wildman–Crippen LogP) is 3.92. The second-order valence-electron chi connectivity index (χ2n) is 7.03. The van der Waals surface area contributed by atoms with Crippen molar-refractivity contribution in [2.45, 2.75) is 60.3 Å². The lowest BCUT2D eigenvalue weighted by atomic mass is 9.66. The van der Waals surface area contributed by atoms with Crippen LogP contribution in [0, 0.1) is 16.7 Å². The molecule has 0 fully saturated rings. The molecule has 0 saturated heterocycles. The van der Waals surface area contributed by atoms with Crippen LogP contribution in [0.25, 0.3) is 0 Å². The summed E-state index contributed by atoms with van der Waals surface area (Å²) >= 11 is 0. The number of allylic oxidation sites excluding steroid dienone is 2. The second-order valence-corrected chi connectivity index (χ2v) is 7.03. The molecule has 0 aromatic carbocycles. The van der Waals surface area contributed by atoms with Crippen molar-refractivity contribution in [3.8, 4) is 0 Å². The van der Waals surface area contributed by atoms with Crippen molar-refractivity contribution in [3.63, 3.8) is 0 Å². The van der Waals surface area contributed by atoms with E-state index >= 15 is 0 Å². The summed E-state index contributed by atoms with van der Waals surface area (Å²) in [7, 11) is 0. The minimum Gasteiger partial charge on any atom is -0.458 e. The van der Waals surface area contributed by atoms with Crippen LogP contribution in [0.5, 0.6) is 0 Å². The molecular weight excluding hydrogens is 252 g/mol. The largest absolute Gasteiger partial charge is 0.458 e. The maximum atomic E-state index is 12.4. The van der Waals surface area contributed by atoms with Crippen molar-refractivity contribution in [3.05, 3.63) is 12.2 Å². The van der Waals surface area contributed by atoms with Crippen LogP contribution in [0.1, 0.15) is 60.3 Å². The summed E-state index contributed by atoms with van der Waals surface area (Å²) in [5, 5.41) is 0. The molecule has 0 amide bonds. The van der Waals surface area contributed by atoms with Gasteiger partial charge in [0.2, 0.25) is 0 Å². The number of carbonyl (C=O) groups is 2. The first-order valence-electron chi connectivity index (χ1n) is 7.55. The SMILES string of the molecule is CC(C)CCCC(=O)OCC(=O)C1(C)CC=CC1(C)C. The van der Waals surface area contributed by atoms with Crippen LogP contribution in [0.2, 0.25) is 0 Å². The smallest absolute Gasteiger partial charge is 0.306 e. The van der Waals surface area contributed by atoms with Crippen LogP contribution in [0.4, 0.5) is 0 Å². The van der Waals surface area contributed by atoms with Gasteiger partial charge in [-0.25, -0.2) is 0 Å². The van der Waals surface area contributed by atoms with Gasteiger partial charge in [-0.05, 0) is 24.2 Å². The molecule has 1 rings (SSSR count). The van der Waals surface area contributed by atoms with Crippen molar-refractivity contribution in [2.24, 2.45) is 16.7 Å². The number of Topliss-reactive ketones (excluding diaryl/α,β-unsaturated/α-hetero) is 1. The first-order valence-corrected chi connectivity index (χ1v) is 7.55. The van der Waals surface area contributed by atoms with Crippen molar-refractivity contribution in [1.82, 2.24) is 0 Å². The van der Waals surface area contributed by atoms with E-state index in [0.29, 0.717) is 12.3 Å². The average Bonchev–Trinajstić information content (AvgIpc) is 2.61. The van der Waals surface area contributed by atoms with Gasteiger partial charge >= 0.3 is 5.97 Å². The fraction of sp³-hybridized carbons (Fsp3) is 0.765. The average molecular weight is 280 g/mol. The van der Waals surface area contributed by atoms with Gasteiger partial charge in [0.15, 0.2) is 12.4 Å². The zero-order chi connectivity index (χ0) is 15.4. The van der Waals surface area contributed by atoms with Gasteiger partial charge in [0.05, 0.1) is 0 Å². The Kier molecular flexibility index (Phi) is 5.55. The van der Waals surface area contributed by atoms with Crippen LogP contribution in [0.15, 0.2) is 12.2 Å². The normalized spacial score (nSPS) is 24.1. The second kappa shape index (κ2) is 6.55. The Hall–Kier alpha value is -1.12. The zero-order valence-corrected chi connectivity index (χ0v) is 13.5. The number of rotatable bonds is 7. The van der Waals surface area contributed by atoms with Gasteiger partial charge in [-0.2, -0.15) is 0 Å². The summed E-state index contributed by atoms with van der Waals surface area (Å²) in [6.45, 7) is 10.2. The molecule has 0 heterocycles. The van der Waals surface area contributed by atoms with E-state index in [4.69, 9.17) is 4.74 Å². The first kappa shape index (κ1) is 16.9. The lowest BCUT2D eigenvalue weighted by Gasteiger charge is -2.36. The van der Waals surface area contributed by atoms with E-state index in [1.807, 2.05) is 13.0 Å². The van der Waals surface area contributed by atoms with E-state index < -0.39 is 5.41 Å². The van der Waals surface area contributed by atoms with E-state index in [9.17, 15) is 9.59 Å². The molecule has 0 N–H and O–H groups in total. The quantitative estimate of drug-likeness (QED) is 0.524. The summed E-state index contributed by atoms with van der Waals surface area (Å²) < 4.78 is 5.14. The Bertz CT molecular complexity index is 393. The molecule has 114 valence electrons. The molecular formula is C17H28O3. The Labute approximate surface area is 122 Å². The minimum atomic E-state index is -0.453. The number of ether oxygens (including phenoxy) is 1. The molecule has 3 nitrogen and oxygen atoms in total. The van der Waals surface area contributed by atoms with Crippen molar-refractivity contribution in [1.29, 1.82) is 0 Å². The van der Waals surface area contributed by atoms with E-state index in [1.54, 1.807) is 0 Å². The molecule has 0 aromatic heterocycles. The van der Waals surface area contributed by atoms with Crippen LogP contribution in [-0.2, 0) is 14.3 Å². The lowest BCUT2D eigenvalue weighted by Crippen LogP contribution is -2.40. The predicted molar refractivity (Wildman–Crippen MR) is 80.3 cm³/mol. The topological polar surface area (TPSA) is 43.4 Å². The minimum absolute atomic E-state index is 0.0182. The van der Waals surface area contributed by atoms with E-state index in [0.717, 1.165) is 19.3 Å². The first-order chi connectivity index (χ1) is 9.19. The molecule has 3 heteroatoms. The van der Waals surface area contributed by atoms with Gasteiger partial charge in [0, 0.05) is 11.8 Å². The van der Waals surface area contributed by atoms with Gasteiger partial charge in [-0.1, -0.05) is 53.2 Å². The van der Waals surface area contributed by atoms with Crippen molar-refractivity contribution in [2.75, 3.05) is 6.61 Å². The number of ketones is 1. The molecule has 1 unspecified atom stereocenters. The fourth-order valence-electron chi connectivity index (χ4n) is 2.54. The summed E-state index contributed by atoms with van der Waals surface area (Å²) in [5.41, 5.74) is -0.626. The van der Waals surface area contributed by atoms with Crippen LogP contribution < -0.4 is 0 Å². The number of esters is 1. The van der Waals surface area contributed by atoms with Gasteiger partial charge < -0.3 is 4.74 Å². The summed E-state index contributed by atoms with van der Waals surface area (Å²) in [6.07, 6.45) is 7.10. The molecule has 1 atom stereocenters. The van der Waals surface area contributed by atoms with Gasteiger partial charge in [0.25, 0.3) is 0 Å². The standard InChI is InChI=1S/C17H28O3/c1-13(2)8-6-9-15(19)20-12-14(18)17(5)11-7-10-16(17,3)4/h7,10,13H,6,8-9,11-12H2,1-5H3. The summed E-state index contributed by atoms with van der Waals surface area (Å²) in [6, 6.07) is 0. The van der Waals surface area contributed by atoms with E-state index in [2.05, 4.69) is 33.8 Å². The highest BCUT2D eigenvalue weighted by Crippen LogP contribution is 2.48. The molecule has 0 aromatic rings. The molecule has 0 spiro atoms. The Morgan fingerprint density at radius 2 is 1.90 bits per heavy atom. The monoisotopic (exact) mass is 280 g/mol. The van der Waals surface area contributed by atoms with Crippen LogP contribution in [0.3, 0.4) is 0 Å². The highest BCUT2D eigenvalue weighted by molar-refractivity contribution is 5.89. The fourth-order valence-corrected chi connectivity index (χ4v) is 2.54. The third kappa shape index (κ3) is 3.94. The summed E-state index contributed by atoms with van der Waals surface area (Å²) in [4.78, 5) is 24.0. The molecule has 0 radical (unpaired) electrons. The number of hydrogen-bond donors (Lipinski definition) is 0. The molecule has 0 aliphatic heterocycles. The maximum Gasteiger partial charge on any atom is 0.306 e. The molecule has 0 saturated carbocycles. The van der Waals surface area contributed by atoms with E-state index in [1.165, 1.54) is 0 Å². The highest BCUT2D eigenvalue weighted by atomic mass is 16.5. The third-order valence-corrected chi connectivity index (χ3v) is 4.62. The molecule has 1 aliphatic carbocycles. The maximum absolute atomic E-state index is 12.4.